The quantitative estimate of drug-likeness (QED) is 0.633. The van der Waals surface area contributed by atoms with E-state index in [1.807, 2.05) is 18.2 Å². The maximum Gasteiger partial charge on any atom is 0.577 e. The van der Waals surface area contributed by atoms with Crippen LogP contribution < -0.4 is 5.32 Å². The van der Waals surface area contributed by atoms with Crippen LogP contribution in [0.3, 0.4) is 0 Å². The molecule has 0 bridgehead atoms. The molecular weight excluding hydrogens is 215 g/mol. The highest BCUT2D eigenvalue weighted by Gasteiger charge is 2.04. The molecule has 1 aromatic rings. The first kappa shape index (κ1) is 14.3. The Balaban J connectivity index is 0.000000673. The van der Waals surface area contributed by atoms with E-state index in [-0.39, 0.29) is 18.1 Å². The molecule has 0 fully saturated rings. The van der Waals surface area contributed by atoms with Gasteiger partial charge in [-0.05, 0) is 19.1 Å². The number of rotatable bonds is 3. The summed E-state index contributed by atoms with van der Waals surface area (Å²) >= 11 is 0. The van der Waals surface area contributed by atoms with E-state index in [0.717, 1.165) is 0 Å². The van der Waals surface area contributed by atoms with Crippen molar-refractivity contribution in [1.82, 2.24) is 0 Å². The first-order chi connectivity index (χ1) is 7.60. The molecule has 0 aliphatic carbocycles. The minimum atomic E-state index is -1.00. The third-order valence-corrected chi connectivity index (χ3v) is 1.47. The maximum absolute atomic E-state index is 11.1. The summed E-state index contributed by atoms with van der Waals surface area (Å²) in [5.41, 5.74) is 0.716. The Morgan fingerprint density at radius 2 is 1.75 bits per heavy atom. The third-order valence-electron chi connectivity index (χ3n) is 1.47. The standard InChI is InChI=1S/C10H11NO2.BF2/c1-8(12)7-10(13)11-9-5-3-2-4-6-9;2-1-3/h2-6H,7H2,1H3,(H,11,13);. The molecule has 0 aliphatic heterocycles. The van der Waals surface area contributed by atoms with Crippen LogP contribution >= 0.6 is 0 Å². The van der Waals surface area contributed by atoms with Crippen molar-refractivity contribution in [3.63, 3.8) is 0 Å². The van der Waals surface area contributed by atoms with Crippen molar-refractivity contribution in [3.8, 4) is 0 Å². The number of anilines is 1. The molecule has 0 heterocycles. The second-order valence-electron chi connectivity index (χ2n) is 2.88. The monoisotopic (exact) mass is 226 g/mol. The van der Waals surface area contributed by atoms with E-state index in [0.29, 0.717) is 5.69 Å². The van der Waals surface area contributed by atoms with Gasteiger partial charge in [0.1, 0.15) is 5.78 Å². The molecule has 1 rings (SSSR count). The van der Waals surface area contributed by atoms with Gasteiger partial charge >= 0.3 is 7.83 Å². The van der Waals surface area contributed by atoms with Crippen molar-refractivity contribution >= 4 is 25.2 Å². The number of Topliss-reactive ketones (excluding diaryl/α,β-unsaturated/α-hetero) is 1. The number of halogens is 2. The summed E-state index contributed by atoms with van der Waals surface area (Å²) in [6.07, 6.45) is -0.0606. The van der Waals surface area contributed by atoms with Crippen LogP contribution in [0.15, 0.2) is 30.3 Å². The van der Waals surface area contributed by atoms with E-state index in [9.17, 15) is 18.2 Å². The lowest BCUT2D eigenvalue weighted by molar-refractivity contribution is -0.124. The summed E-state index contributed by atoms with van der Waals surface area (Å²) in [4.78, 5) is 21.7. The van der Waals surface area contributed by atoms with E-state index in [1.54, 1.807) is 12.1 Å². The Hall–Kier alpha value is -1.72. The van der Waals surface area contributed by atoms with Gasteiger partial charge < -0.3 is 5.32 Å². The minimum Gasteiger partial charge on any atom is -0.326 e. The van der Waals surface area contributed by atoms with Gasteiger partial charge in [0.05, 0.1) is 6.42 Å². The molecule has 6 heteroatoms. The highest BCUT2D eigenvalue weighted by Crippen LogP contribution is 2.05. The van der Waals surface area contributed by atoms with Gasteiger partial charge in [-0.25, -0.2) is 0 Å². The second-order valence-corrected chi connectivity index (χ2v) is 2.88. The molecule has 1 amide bonds. The summed E-state index contributed by atoms with van der Waals surface area (Å²) in [5.74, 6) is -0.396. The number of benzene rings is 1. The van der Waals surface area contributed by atoms with Crippen LogP contribution in [-0.4, -0.2) is 19.5 Å². The number of hydrogen-bond donors (Lipinski definition) is 1. The van der Waals surface area contributed by atoms with Crippen LogP contribution in [0.2, 0.25) is 0 Å². The Morgan fingerprint density at radius 3 is 2.19 bits per heavy atom. The molecule has 0 saturated heterocycles. The van der Waals surface area contributed by atoms with Gasteiger partial charge in [0.25, 0.3) is 0 Å². The minimum absolute atomic E-state index is 0.0606. The van der Waals surface area contributed by atoms with Gasteiger partial charge in [0.15, 0.2) is 0 Å². The van der Waals surface area contributed by atoms with Crippen molar-refractivity contribution in [2.75, 3.05) is 5.32 Å². The molecule has 0 aliphatic rings. The number of hydrogen-bond acceptors (Lipinski definition) is 2. The molecule has 1 N–H and O–H groups in total. The van der Waals surface area contributed by atoms with E-state index < -0.39 is 7.83 Å². The highest BCUT2D eigenvalue weighted by atomic mass is 19.2. The molecule has 0 saturated carbocycles. The lowest BCUT2D eigenvalue weighted by Gasteiger charge is -2.01. The SMILES string of the molecule is CC(=O)CC(=O)Nc1ccccc1.F[B]F. The molecular formula is C10H11BF2NO2. The predicted octanol–water partition coefficient (Wildman–Crippen LogP) is 2.06. The van der Waals surface area contributed by atoms with Gasteiger partial charge in [-0.3, -0.25) is 18.2 Å². The highest BCUT2D eigenvalue weighted by molar-refractivity contribution is 6.15. The van der Waals surface area contributed by atoms with Crippen LogP contribution in [0.4, 0.5) is 14.3 Å². The van der Waals surface area contributed by atoms with E-state index in [4.69, 9.17) is 0 Å². The molecule has 0 aromatic heterocycles. The summed E-state index contributed by atoms with van der Waals surface area (Å²) in [7, 11) is -1.00. The van der Waals surface area contributed by atoms with Gasteiger partial charge in [-0.15, -0.1) is 0 Å². The van der Waals surface area contributed by atoms with E-state index in [2.05, 4.69) is 5.32 Å². The number of ketones is 1. The molecule has 0 unspecified atom stereocenters. The molecule has 0 spiro atoms. The normalized spacial score (nSPS) is 8.44. The Bertz CT molecular complexity index is 333. The third kappa shape index (κ3) is 7.67. The van der Waals surface area contributed by atoms with Crippen molar-refractivity contribution in [2.24, 2.45) is 0 Å². The Labute approximate surface area is 93.2 Å². The zero-order valence-electron chi connectivity index (χ0n) is 8.74. The zero-order valence-corrected chi connectivity index (χ0v) is 8.74. The fourth-order valence-electron chi connectivity index (χ4n) is 0.953. The average Bonchev–Trinajstić information content (AvgIpc) is 2.18. The number of carbonyl (C=O) groups is 2. The van der Waals surface area contributed by atoms with Crippen LogP contribution in [0, 0.1) is 0 Å². The summed E-state index contributed by atoms with van der Waals surface area (Å²) in [6, 6.07) is 9.06. The summed E-state index contributed by atoms with van der Waals surface area (Å²) < 4.78 is 19.0. The van der Waals surface area contributed by atoms with Gasteiger partial charge in [-0.1, -0.05) is 18.2 Å². The second kappa shape index (κ2) is 8.58. The van der Waals surface area contributed by atoms with Crippen LogP contribution in [-0.2, 0) is 9.59 Å². The largest absolute Gasteiger partial charge is 0.577 e. The van der Waals surface area contributed by atoms with Crippen molar-refractivity contribution in [3.05, 3.63) is 30.3 Å². The summed E-state index contributed by atoms with van der Waals surface area (Å²) in [6.45, 7) is 1.39. The molecule has 1 radical (unpaired) electrons. The van der Waals surface area contributed by atoms with Gasteiger partial charge in [0, 0.05) is 5.69 Å². The number of nitrogens with one attached hydrogen (secondary N) is 1. The lowest BCUT2D eigenvalue weighted by atomic mass is 10.2. The number of carbonyl (C=O) groups excluding carboxylic acids is 2. The first-order valence-electron chi connectivity index (χ1n) is 4.46. The van der Waals surface area contributed by atoms with Gasteiger partial charge in [-0.2, -0.15) is 0 Å². The van der Waals surface area contributed by atoms with Crippen LogP contribution in [0.5, 0.6) is 0 Å². The Kier molecular flexibility index (Phi) is 7.66. The van der Waals surface area contributed by atoms with Gasteiger partial charge in [0.2, 0.25) is 5.91 Å². The van der Waals surface area contributed by atoms with E-state index in [1.165, 1.54) is 6.92 Å². The molecule has 0 atom stereocenters. The maximum atomic E-state index is 11.1. The van der Waals surface area contributed by atoms with Crippen LogP contribution in [0.25, 0.3) is 0 Å². The topological polar surface area (TPSA) is 46.2 Å². The van der Waals surface area contributed by atoms with Crippen molar-refractivity contribution in [1.29, 1.82) is 0 Å². The smallest absolute Gasteiger partial charge is 0.326 e. The molecule has 85 valence electrons. The number of amides is 1. The van der Waals surface area contributed by atoms with Crippen molar-refractivity contribution < 1.29 is 18.2 Å². The first-order valence-corrected chi connectivity index (χ1v) is 4.46. The molecule has 3 nitrogen and oxygen atoms in total. The average molecular weight is 226 g/mol. The van der Waals surface area contributed by atoms with Crippen molar-refractivity contribution in [2.45, 2.75) is 13.3 Å². The zero-order chi connectivity index (χ0) is 12.4. The van der Waals surface area contributed by atoms with E-state index >= 15 is 0 Å². The molecule has 16 heavy (non-hydrogen) atoms. The molecule has 1 aromatic carbocycles. The van der Waals surface area contributed by atoms with Crippen LogP contribution in [0.1, 0.15) is 13.3 Å². The predicted molar refractivity (Wildman–Crippen MR) is 58.3 cm³/mol. The summed E-state index contributed by atoms with van der Waals surface area (Å²) in [5, 5.41) is 2.61. The fourth-order valence-corrected chi connectivity index (χ4v) is 0.953. The number of para-hydroxylation sites is 1. The Morgan fingerprint density at radius 1 is 1.25 bits per heavy atom. The fraction of sp³-hybridized carbons (Fsp3) is 0.200. The lowest BCUT2D eigenvalue weighted by Crippen LogP contribution is -2.14.